The van der Waals surface area contributed by atoms with Crippen molar-refractivity contribution in [2.24, 2.45) is 11.8 Å². The van der Waals surface area contributed by atoms with Crippen molar-refractivity contribution < 1.29 is 0 Å². The van der Waals surface area contributed by atoms with Gasteiger partial charge in [0.25, 0.3) is 0 Å². The average molecular weight is 295 g/mol. The highest BCUT2D eigenvalue weighted by Crippen LogP contribution is 2.23. The third kappa shape index (κ3) is 4.31. The summed E-state index contributed by atoms with van der Waals surface area (Å²) in [6.45, 7) is 12.8. The van der Waals surface area contributed by atoms with Gasteiger partial charge in [-0.25, -0.2) is 0 Å². The maximum Gasteiger partial charge on any atom is 0.0332 e. The zero-order chi connectivity index (χ0) is 14.5. The molecule has 114 valence electrons. The minimum Gasteiger partial charge on any atom is -0.311 e. The van der Waals surface area contributed by atoms with Gasteiger partial charge in [0, 0.05) is 36.6 Å². The van der Waals surface area contributed by atoms with Crippen LogP contribution in [0.4, 0.5) is 0 Å². The van der Waals surface area contributed by atoms with E-state index in [0.29, 0.717) is 12.1 Å². The van der Waals surface area contributed by atoms with Gasteiger partial charge in [0.15, 0.2) is 0 Å². The van der Waals surface area contributed by atoms with Gasteiger partial charge < -0.3 is 5.32 Å². The van der Waals surface area contributed by atoms with Crippen LogP contribution < -0.4 is 5.32 Å². The third-order valence-electron chi connectivity index (χ3n) is 4.58. The quantitative estimate of drug-likeness (QED) is 0.853. The van der Waals surface area contributed by atoms with Crippen molar-refractivity contribution in [2.45, 2.75) is 59.2 Å². The molecule has 0 saturated carbocycles. The molecule has 0 bridgehead atoms. The van der Waals surface area contributed by atoms with Gasteiger partial charge in [-0.2, -0.15) is 0 Å². The normalized spacial score (nSPS) is 26.1. The van der Waals surface area contributed by atoms with Crippen molar-refractivity contribution in [3.8, 4) is 0 Å². The molecule has 1 aliphatic rings. The van der Waals surface area contributed by atoms with E-state index in [1.165, 1.54) is 24.3 Å². The Morgan fingerprint density at radius 2 is 2.20 bits per heavy atom. The van der Waals surface area contributed by atoms with Crippen LogP contribution in [0, 0.1) is 11.8 Å². The first-order valence-corrected chi connectivity index (χ1v) is 8.97. The van der Waals surface area contributed by atoms with Gasteiger partial charge in [0.1, 0.15) is 0 Å². The summed E-state index contributed by atoms with van der Waals surface area (Å²) in [6, 6.07) is 5.80. The molecule has 0 aliphatic carbocycles. The van der Waals surface area contributed by atoms with E-state index in [0.717, 1.165) is 24.9 Å². The van der Waals surface area contributed by atoms with Crippen LogP contribution in [0.1, 0.15) is 45.4 Å². The van der Waals surface area contributed by atoms with Crippen LogP contribution in [0.3, 0.4) is 0 Å². The van der Waals surface area contributed by atoms with Crippen molar-refractivity contribution in [2.75, 3.05) is 13.1 Å². The van der Waals surface area contributed by atoms with E-state index >= 15 is 0 Å². The van der Waals surface area contributed by atoms with E-state index in [2.05, 4.69) is 55.4 Å². The Bertz CT molecular complexity index is 374. The summed E-state index contributed by atoms with van der Waals surface area (Å²) in [5.74, 6) is 1.54. The highest BCUT2D eigenvalue weighted by atomic mass is 32.1. The summed E-state index contributed by atoms with van der Waals surface area (Å²) in [5, 5.41) is 5.99. The standard InChI is InChI=1S/C17H30N2S/c1-5-14(4)17-12-19(11-16-7-6-8-20-16)15(10-18-17)9-13(2)3/h6-8,13-15,17-18H,5,9-12H2,1-4H3. The highest BCUT2D eigenvalue weighted by Gasteiger charge is 2.30. The van der Waals surface area contributed by atoms with Crippen molar-refractivity contribution in [1.29, 1.82) is 0 Å². The Morgan fingerprint density at radius 3 is 2.80 bits per heavy atom. The summed E-state index contributed by atoms with van der Waals surface area (Å²) < 4.78 is 0. The van der Waals surface area contributed by atoms with Gasteiger partial charge in [-0.1, -0.05) is 40.2 Å². The van der Waals surface area contributed by atoms with Crippen molar-refractivity contribution in [1.82, 2.24) is 10.2 Å². The van der Waals surface area contributed by atoms with Crippen molar-refractivity contribution >= 4 is 11.3 Å². The lowest BCUT2D eigenvalue weighted by Gasteiger charge is -2.43. The Morgan fingerprint density at radius 1 is 1.40 bits per heavy atom. The van der Waals surface area contributed by atoms with E-state index in [-0.39, 0.29) is 0 Å². The van der Waals surface area contributed by atoms with Crippen LogP contribution in [0.25, 0.3) is 0 Å². The lowest BCUT2D eigenvalue weighted by atomic mass is 9.93. The summed E-state index contributed by atoms with van der Waals surface area (Å²) >= 11 is 1.89. The zero-order valence-electron chi connectivity index (χ0n) is 13.4. The smallest absolute Gasteiger partial charge is 0.0332 e. The molecule has 20 heavy (non-hydrogen) atoms. The molecule has 2 heterocycles. The molecular formula is C17H30N2S. The first kappa shape index (κ1) is 16.0. The molecule has 1 aromatic rings. The van der Waals surface area contributed by atoms with E-state index in [1.807, 2.05) is 11.3 Å². The lowest BCUT2D eigenvalue weighted by molar-refractivity contribution is 0.0899. The number of hydrogen-bond acceptors (Lipinski definition) is 3. The van der Waals surface area contributed by atoms with E-state index in [9.17, 15) is 0 Å². The first-order valence-electron chi connectivity index (χ1n) is 8.10. The van der Waals surface area contributed by atoms with Crippen LogP contribution in [0.15, 0.2) is 17.5 Å². The number of nitrogens with one attached hydrogen (secondary N) is 1. The van der Waals surface area contributed by atoms with Gasteiger partial charge in [0.2, 0.25) is 0 Å². The Balaban J connectivity index is 2.02. The number of rotatable bonds is 6. The molecule has 1 N–H and O–H groups in total. The van der Waals surface area contributed by atoms with Gasteiger partial charge >= 0.3 is 0 Å². The van der Waals surface area contributed by atoms with Crippen molar-refractivity contribution in [3.63, 3.8) is 0 Å². The molecule has 0 amide bonds. The second-order valence-electron chi connectivity index (χ2n) is 6.69. The fraction of sp³-hybridized carbons (Fsp3) is 0.765. The number of piperazine rings is 1. The summed E-state index contributed by atoms with van der Waals surface area (Å²) in [7, 11) is 0. The maximum absolute atomic E-state index is 3.80. The molecule has 1 fully saturated rings. The van der Waals surface area contributed by atoms with E-state index in [1.54, 1.807) is 0 Å². The minimum absolute atomic E-state index is 0.656. The summed E-state index contributed by atoms with van der Waals surface area (Å²) in [6.07, 6.45) is 2.56. The Kier molecular flexibility index (Phi) is 6.06. The average Bonchev–Trinajstić information content (AvgIpc) is 2.92. The van der Waals surface area contributed by atoms with E-state index < -0.39 is 0 Å². The molecule has 1 saturated heterocycles. The molecule has 0 radical (unpaired) electrons. The minimum atomic E-state index is 0.656. The molecular weight excluding hydrogens is 264 g/mol. The molecule has 3 atom stereocenters. The third-order valence-corrected chi connectivity index (χ3v) is 5.44. The molecule has 2 nitrogen and oxygen atoms in total. The fourth-order valence-electron chi connectivity index (χ4n) is 3.12. The van der Waals surface area contributed by atoms with Gasteiger partial charge in [0.05, 0.1) is 0 Å². The number of nitrogens with zero attached hydrogens (tertiary/aromatic N) is 1. The lowest BCUT2D eigenvalue weighted by Crippen LogP contribution is -2.58. The molecule has 0 aromatic carbocycles. The van der Waals surface area contributed by atoms with Gasteiger partial charge in [-0.05, 0) is 29.7 Å². The van der Waals surface area contributed by atoms with Crippen LogP contribution in [0.2, 0.25) is 0 Å². The molecule has 2 rings (SSSR count). The summed E-state index contributed by atoms with van der Waals surface area (Å²) in [4.78, 5) is 4.22. The predicted octanol–water partition coefficient (Wildman–Crippen LogP) is 3.98. The zero-order valence-corrected chi connectivity index (χ0v) is 14.2. The molecule has 1 aromatic heterocycles. The van der Waals surface area contributed by atoms with Crippen LogP contribution in [-0.4, -0.2) is 30.1 Å². The summed E-state index contributed by atoms with van der Waals surface area (Å²) in [5.41, 5.74) is 0. The molecule has 3 unspecified atom stereocenters. The SMILES string of the molecule is CCC(C)C1CN(Cc2cccs2)C(CC(C)C)CN1. The van der Waals surface area contributed by atoms with Crippen LogP contribution in [-0.2, 0) is 6.54 Å². The maximum atomic E-state index is 3.80. The molecule has 3 heteroatoms. The largest absolute Gasteiger partial charge is 0.311 e. The van der Waals surface area contributed by atoms with Crippen molar-refractivity contribution in [3.05, 3.63) is 22.4 Å². The Hall–Kier alpha value is -0.380. The fourth-order valence-corrected chi connectivity index (χ4v) is 3.85. The molecule has 1 aliphatic heterocycles. The first-order chi connectivity index (χ1) is 9.60. The second-order valence-corrected chi connectivity index (χ2v) is 7.72. The van der Waals surface area contributed by atoms with E-state index in [4.69, 9.17) is 0 Å². The second kappa shape index (κ2) is 7.58. The van der Waals surface area contributed by atoms with Crippen LogP contribution >= 0.6 is 11.3 Å². The van der Waals surface area contributed by atoms with Crippen LogP contribution in [0.5, 0.6) is 0 Å². The topological polar surface area (TPSA) is 15.3 Å². The Labute approximate surface area is 128 Å². The number of thiophene rings is 1. The highest BCUT2D eigenvalue weighted by molar-refractivity contribution is 7.09. The van der Waals surface area contributed by atoms with Gasteiger partial charge in [-0.15, -0.1) is 11.3 Å². The molecule has 0 spiro atoms. The monoisotopic (exact) mass is 294 g/mol. The number of hydrogen-bond donors (Lipinski definition) is 1. The van der Waals surface area contributed by atoms with Gasteiger partial charge in [-0.3, -0.25) is 4.90 Å². The predicted molar refractivity (Wildman–Crippen MR) is 89.2 cm³/mol.